The highest BCUT2D eigenvalue weighted by molar-refractivity contribution is 5.89. The predicted octanol–water partition coefficient (Wildman–Crippen LogP) is 0.540. The summed E-state index contributed by atoms with van der Waals surface area (Å²) >= 11 is 0. The van der Waals surface area contributed by atoms with Crippen LogP contribution in [0.15, 0.2) is 0 Å². The van der Waals surface area contributed by atoms with E-state index in [1.165, 1.54) is 12.8 Å². The average molecular weight is 273 g/mol. The molecule has 3 N–H and O–H groups in total. The minimum Gasteiger partial charge on any atom is -0.449 e. The Balaban J connectivity index is 2.08. The molecule has 1 heterocycles. The number of carbonyl (C=O) groups excluding carboxylic acids is 2. The fourth-order valence-electron chi connectivity index (χ4n) is 2.32. The Kier molecular flexibility index (Phi) is 7.20. The predicted molar refractivity (Wildman–Crippen MR) is 69.7 cm³/mol. The van der Waals surface area contributed by atoms with Crippen molar-refractivity contribution in [2.75, 3.05) is 40.0 Å². The monoisotopic (exact) mass is 273 g/mol. The van der Waals surface area contributed by atoms with Gasteiger partial charge in [0.2, 0.25) is 0 Å². The van der Waals surface area contributed by atoms with Gasteiger partial charge in [-0.25, -0.2) is 14.9 Å². The number of hydrogen-bond acceptors (Lipinski definition) is 5. The van der Waals surface area contributed by atoms with Crippen LogP contribution in [0.2, 0.25) is 0 Å². The second-order valence-corrected chi connectivity index (χ2v) is 4.74. The Labute approximate surface area is 113 Å². The first-order valence-corrected chi connectivity index (χ1v) is 6.56. The average Bonchev–Trinajstić information content (AvgIpc) is 2.35. The number of nitrogens with one attached hydrogen (secondary N) is 1. The SMILES string of the molecule is COC[C@@H]1CCCN(CCCOC(=O)NC(N)=O)C1. The number of ether oxygens (including phenoxy) is 2. The van der Waals surface area contributed by atoms with Crippen LogP contribution in [0, 0.1) is 5.92 Å². The molecule has 1 saturated heterocycles. The van der Waals surface area contributed by atoms with E-state index in [4.69, 9.17) is 15.2 Å². The van der Waals surface area contributed by atoms with E-state index in [0.29, 0.717) is 5.92 Å². The molecular formula is C12H23N3O4. The van der Waals surface area contributed by atoms with Crippen LogP contribution >= 0.6 is 0 Å². The maximum absolute atomic E-state index is 11.0. The van der Waals surface area contributed by atoms with Crippen molar-refractivity contribution >= 4 is 12.1 Å². The maximum Gasteiger partial charge on any atom is 0.415 e. The van der Waals surface area contributed by atoms with Gasteiger partial charge in [0, 0.05) is 20.2 Å². The van der Waals surface area contributed by atoms with Crippen molar-refractivity contribution in [3.8, 4) is 0 Å². The van der Waals surface area contributed by atoms with Crippen molar-refractivity contribution in [3.05, 3.63) is 0 Å². The van der Waals surface area contributed by atoms with E-state index >= 15 is 0 Å². The first-order valence-electron chi connectivity index (χ1n) is 6.56. The van der Waals surface area contributed by atoms with Gasteiger partial charge >= 0.3 is 12.1 Å². The molecule has 1 aliphatic heterocycles. The molecule has 0 saturated carbocycles. The van der Waals surface area contributed by atoms with Crippen LogP contribution in [0.25, 0.3) is 0 Å². The summed E-state index contributed by atoms with van der Waals surface area (Å²) in [5.41, 5.74) is 4.79. The van der Waals surface area contributed by atoms with E-state index < -0.39 is 12.1 Å². The van der Waals surface area contributed by atoms with Gasteiger partial charge in [-0.2, -0.15) is 0 Å². The van der Waals surface area contributed by atoms with Crippen molar-refractivity contribution in [3.63, 3.8) is 0 Å². The second-order valence-electron chi connectivity index (χ2n) is 4.74. The molecule has 0 aromatic rings. The van der Waals surface area contributed by atoms with E-state index in [9.17, 15) is 9.59 Å². The third-order valence-electron chi connectivity index (χ3n) is 3.08. The number of alkyl carbamates (subject to hydrolysis) is 1. The summed E-state index contributed by atoms with van der Waals surface area (Å²) in [6.45, 7) is 4.07. The number of amides is 3. The number of primary amides is 1. The molecule has 0 aliphatic carbocycles. The Bertz CT molecular complexity index is 297. The highest BCUT2D eigenvalue weighted by atomic mass is 16.5. The van der Waals surface area contributed by atoms with E-state index in [0.717, 1.165) is 32.7 Å². The highest BCUT2D eigenvalue weighted by Gasteiger charge is 2.19. The highest BCUT2D eigenvalue weighted by Crippen LogP contribution is 2.16. The van der Waals surface area contributed by atoms with Crippen molar-refractivity contribution in [1.29, 1.82) is 0 Å². The molecule has 1 rings (SSSR count). The van der Waals surface area contributed by atoms with Crippen LogP contribution in [0.5, 0.6) is 0 Å². The van der Waals surface area contributed by atoms with Crippen molar-refractivity contribution < 1.29 is 19.1 Å². The summed E-state index contributed by atoms with van der Waals surface area (Å²) in [7, 11) is 1.73. The summed E-state index contributed by atoms with van der Waals surface area (Å²) in [5.74, 6) is 0.595. The first-order chi connectivity index (χ1) is 9.11. The Morgan fingerprint density at radius 3 is 2.95 bits per heavy atom. The van der Waals surface area contributed by atoms with E-state index in [2.05, 4.69) is 4.90 Å². The van der Waals surface area contributed by atoms with Gasteiger partial charge in [0.25, 0.3) is 0 Å². The Hall–Kier alpha value is -1.34. The minimum atomic E-state index is -0.900. The van der Waals surface area contributed by atoms with Gasteiger partial charge in [-0.1, -0.05) is 0 Å². The number of carbonyl (C=O) groups is 2. The van der Waals surface area contributed by atoms with E-state index in [1.807, 2.05) is 5.32 Å². The molecule has 0 aromatic heterocycles. The lowest BCUT2D eigenvalue weighted by atomic mass is 9.99. The summed E-state index contributed by atoms with van der Waals surface area (Å²) in [4.78, 5) is 23.7. The van der Waals surface area contributed by atoms with Crippen molar-refractivity contribution in [1.82, 2.24) is 10.2 Å². The summed E-state index contributed by atoms with van der Waals surface area (Å²) in [6.07, 6.45) is 2.34. The molecular weight excluding hydrogens is 250 g/mol. The van der Waals surface area contributed by atoms with Gasteiger partial charge in [0.15, 0.2) is 0 Å². The third-order valence-corrected chi connectivity index (χ3v) is 3.08. The molecule has 0 radical (unpaired) electrons. The molecule has 0 spiro atoms. The molecule has 1 fully saturated rings. The number of imide groups is 1. The number of urea groups is 1. The maximum atomic E-state index is 11.0. The summed E-state index contributed by atoms with van der Waals surface area (Å²) < 4.78 is 9.99. The molecule has 0 bridgehead atoms. The number of hydrogen-bond donors (Lipinski definition) is 2. The normalized spacial score (nSPS) is 19.9. The number of piperidine rings is 1. The largest absolute Gasteiger partial charge is 0.449 e. The molecule has 3 amide bonds. The molecule has 19 heavy (non-hydrogen) atoms. The van der Waals surface area contributed by atoms with Crippen LogP contribution in [0.3, 0.4) is 0 Å². The molecule has 7 nitrogen and oxygen atoms in total. The number of rotatable bonds is 6. The molecule has 1 aliphatic rings. The van der Waals surface area contributed by atoms with Gasteiger partial charge in [-0.05, 0) is 31.7 Å². The van der Waals surface area contributed by atoms with Crippen LogP contribution in [0.4, 0.5) is 9.59 Å². The van der Waals surface area contributed by atoms with Crippen LogP contribution < -0.4 is 11.1 Å². The Morgan fingerprint density at radius 1 is 1.47 bits per heavy atom. The van der Waals surface area contributed by atoms with Gasteiger partial charge < -0.3 is 20.1 Å². The fourth-order valence-corrected chi connectivity index (χ4v) is 2.32. The quantitative estimate of drug-likeness (QED) is 0.689. The van der Waals surface area contributed by atoms with Gasteiger partial charge in [0.1, 0.15) is 0 Å². The van der Waals surface area contributed by atoms with Crippen molar-refractivity contribution in [2.24, 2.45) is 11.7 Å². The smallest absolute Gasteiger partial charge is 0.415 e. The van der Waals surface area contributed by atoms with Gasteiger partial charge in [0.05, 0.1) is 13.2 Å². The van der Waals surface area contributed by atoms with Gasteiger partial charge in [-0.15, -0.1) is 0 Å². The molecule has 0 aromatic carbocycles. The zero-order valence-corrected chi connectivity index (χ0v) is 11.4. The van der Waals surface area contributed by atoms with Crippen LogP contribution in [0.1, 0.15) is 19.3 Å². The Morgan fingerprint density at radius 2 is 2.26 bits per heavy atom. The number of nitrogens with two attached hydrogens (primary N) is 1. The van der Waals surface area contributed by atoms with Gasteiger partial charge in [-0.3, -0.25) is 0 Å². The standard InChI is InChI=1S/C12H23N3O4/c1-18-9-10-4-2-5-15(8-10)6-3-7-19-12(17)14-11(13)16/h10H,2-9H2,1H3,(H3,13,14,16,17)/t10-/m1/s1. The number of nitrogens with zero attached hydrogens (tertiary/aromatic N) is 1. The lowest BCUT2D eigenvalue weighted by molar-refractivity contribution is 0.0849. The fraction of sp³-hybridized carbons (Fsp3) is 0.833. The number of methoxy groups -OCH3 is 1. The zero-order valence-electron chi connectivity index (χ0n) is 11.4. The summed E-state index contributed by atoms with van der Waals surface area (Å²) in [5, 5.41) is 1.85. The number of likely N-dealkylation sites (tertiary alicyclic amines) is 1. The van der Waals surface area contributed by atoms with Crippen LogP contribution in [-0.4, -0.2) is 57.0 Å². The van der Waals surface area contributed by atoms with Crippen molar-refractivity contribution in [2.45, 2.75) is 19.3 Å². The molecule has 1 atom stereocenters. The van der Waals surface area contributed by atoms with E-state index in [1.54, 1.807) is 7.11 Å². The lowest BCUT2D eigenvalue weighted by Gasteiger charge is -2.32. The lowest BCUT2D eigenvalue weighted by Crippen LogP contribution is -2.38. The molecule has 110 valence electrons. The van der Waals surface area contributed by atoms with Crippen LogP contribution in [-0.2, 0) is 9.47 Å². The third kappa shape index (κ3) is 6.97. The molecule has 7 heteroatoms. The van der Waals surface area contributed by atoms with E-state index in [-0.39, 0.29) is 6.61 Å². The first kappa shape index (κ1) is 15.7. The topological polar surface area (TPSA) is 93.9 Å². The minimum absolute atomic E-state index is 0.282. The summed E-state index contributed by atoms with van der Waals surface area (Å²) in [6, 6.07) is -0.900. The zero-order chi connectivity index (χ0) is 14.1. The molecule has 0 unspecified atom stereocenters. The second kappa shape index (κ2) is 8.71.